The van der Waals surface area contributed by atoms with Gasteiger partial charge in [-0.2, -0.15) is 0 Å². The molecule has 4 aromatic rings. The quantitative estimate of drug-likeness (QED) is 0.581. The van der Waals surface area contributed by atoms with Crippen molar-refractivity contribution in [1.82, 2.24) is 19.9 Å². The van der Waals surface area contributed by atoms with Crippen molar-refractivity contribution in [1.29, 1.82) is 0 Å². The second kappa shape index (κ2) is 7.52. The lowest BCUT2D eigenvalue weighted by molar-refractivity contribution is 0.0948. The third-order valence-corrected chi connectivity index (χ3v) is 4.66. The molecule has 3 aromatic heterocycles. The number of amides is 1. The largest absolute Gasteiger partial charge is 0.497 e. The van der Waals surface area contributed by atoms with E-state index in [-0.39, 0.29) is 5.91 Å². The van der Waals surface area contributed by atoms with E-state index >= 15 is 0 Å². The number of carbonyl (C=O) groups excluding carboxylic acids is 1. The zero-order chi connectivity index (χ0) is 19.5. The van der Waals surface area contributed by atoms with E-state index in [1.807, 2.05) is 66.3 Å². The summed E-state index contributed by atoms with van der Waals surface area (Å²) < 4.78 is 7.21. The highest BCUT2D eigenvalue weighted by atomic mass is 16.5. The number of nitrogens with one attached hydrogen (secondary N) is 1. The zero-order valence-electron chi connectivity index (χ0n) is 15.7. The van der Waals surface area contributed by atoms with E-state index in [1.54, 1.807) is 19.5 Å². The highest BCUT2D eigenvalue weighted by molar-refractivity contribution is 6.05. The van der Waals surface area contributed by atoms with Crippen LogP contribution in [0.15, 0.2) is 67.1 Å². The van der Waals surface area contributed by atoms with Crippen LogP contribution in [0.5, 0.6) is 5.75 Å². The molecule has 1 aromatic carbocycles. The Morgan fingerprint density at radius 2 is 2.00 bits per heavy atom. The molecule has 1 amide bonds. The molecule has 0 aliphatic carbocycles. The predicted octanol–water partition coefficient (Wildman–Crippen LogP) is 3.57. The average molecular weight is 372 g/mol. The van der Waals surface area contributed by atoms with Crippen LogP contribution in [0.25, 0.3) is 22.2 Å². The van der Waals surface area contributed by atoms with Gasteiger partial charge in [0.1, 0.15) is 11.4 Å². The lowest BCUT2D eigenvalue weighted by Gasteiger charge is -2.10. The summed E-state index contributed by atoms with van der Waals surface area (Å²) in [4.78, 5) is 21.6. The van der Waals surface area contributed by atoms with Gasteiger partial charge in [-0.1, -0.05) is 6.07 Å². The van der Waals surface area contributed by atoms with Crippen molar-refractivity contribution in [2.24, 2.45) is 7.05 Å². The fourth-order valence-electron chi connectivity index (χ4n) is 3.12. The van der Waals surface area contributed by atoms with Crippen LogP contribution in [0.3, 0.4) is 0 Å². The number of aryl methyl sites for hydroxylation is 1. The third kappa shape index (κ3) is 3.44. The second-order valence-corrected chi connectivity index (χ2v) is 6.49. The van der Waals surface area contributed by atoms with Crippen molar-refractivity contribution in [2.45, 2.75) is 6.54 Å². The van der Waals surface area contributed by atoms with Crippen LogP contribution in [-0.2, 0) is 13.6 Å². The van der Waals surface area contributed by atoms with E-state index in [4.69, 9.17) is 4.74 Å². The lowest BCUT2D eigenvalue weighted by atomic mass is 10.1. The molecule has 0 unspecified atom stereocenters. The van der Waals surface area contributed by atoms with E-state index in [0.29, 0.717) is 12.2 Å². The maximum Gasteiger partial charge on any atom is 0.270 e. The van der Waals surface area contributed by atoms with Crippen molar-refractivity contribution in [3.05, 3.63) is 78.4 Å². The number of benzene rings is 1. The Morgan fingerprint density at radius 1 is 1.18 bits per heavy atom. The number of aromatic nitrogens is 3. The minimum atomic E-state index is -0.213. The number of hydrogen-bond acceptors (Lipinski definition) is 4. The van der Waals surface area contributed by atoms with E-state index in [0.717, 1.165) is 33.5 Å². The molecule has 1 N–H and O–H groups in total. The number of hydrogen-bond donors (Lipinski definition) is 1. The molecule has 0 saturated heterocycles. The van der Waals surface area contributed by atoms with Gasteiger partial charge >= 0.3 is 0 Å². The van der Waals surface area contributed by atoms with Crippen LogP contribution < -0.4 is 10.1 Å². The number of rotatable bonds is 5. The molecule has 3 heterocycles. The van der Waals surface area contributed by atoms with Crippen LogP contribution >= 0.6 is 0 Å². The van der Waals surface area contributed by atoms with Gasteiger partial charge in [-0.05, 0) is 48.0 Å². The highest BCUT2D eigenvalue weighted by Crippen LogP contribution is 2.27. The van der Waals surface area contributed by atoms with Gasteiger partial charge in [0.2, 0.25) is 0 Å². The summed E-state index contributed by atoms with van der Waals surface area (Å²) in [6.07, 6.45) is 5.38. The molecule has 140 valence electrons. The fraction of sp³-hybridized carbons (Fsp3) is 0.136. The van der Waals surface area contributed by atoms with E-state index in [2.05, 4.69) is 15.3 Å². The first-order chi connectivity index (χ1) is 13.7. The highest BCUT2D eigenvalue weighted by Gasteiger charge is 2.16. The SMILES string of the molecule is COc1ccc(-c2cc3c(ccn3C)c(C(=O)NCc3cccnc3)n2)cc1. The normalized spacial score (nSPS) is 10.8. The zero-order valence-corrected chi connectivity index (χ0v) is 15.7. The number of nitrogens with zero attached hydrogens (tertiary/aromatic N) is 3. The molecule has 0 aliphatic rings. The molecule has 0 bridgehead atoms. The number of carbonyl (C=O) groups is 1. The maximum absolute atomic E-state index is 12.9. The molecule has 0 fully saturated rings. The molecule has 4 rings (SSSR count). The van der Waals surface area contributed by atoms with Gasteiger partial charge in [0.05, 0.1) is 18.3 Å². The minimum Gasteiger partial charge on any atom is -0.497 e. The molecule has 0 atom stereocenters. The molecular weight excluding hydrogens is 352 g/mol. The molecule has 6 nitrogen and oxygen atoms in total. The Hall–Kier alpha value is -3.67. The summed E-state index contributed by atoms with van der Waals surface area (Å²) in [5.74, 6) is 0.563. The predicted molar refractivity (Wildman–Crippen MR) is 108 cm³/mol. The second-order valence-electron chi connectivity index (χ2n) is 6.49. The third-order valence-electron chi connectivity index (χ3n) is 4.66. The van der Waals surface area contributed by atoms with Gasteiger partial charge in [-0.25, -0.2) is 4.98 Å². The number of ether oxygens (including phenoxy) is 1. The van der Waals surface area contributed by atoms with Crippen LogP contribution in [0.1, 0.15) is 16.1 Å². The van der Waals surface area contributed by atoms with Crippen molar-refractivity contribution >= 4 is 16.8 Å². The standard InChI is InChI=1S/C22H20N4O2/c1-26-11-9-18-20(26)12-19(16-5-7-17(28-2)8-6-16)25-21(18)22(27)24-14-15-4-3-10-23-13-15/h3-13H,14H2,1-2H3,(H,24,27). The van der Waals surface area contributed by atoms with Crippen molar-refractivity contribution in [2.75, 3.05) is 7.11 Å². The van der Waals surface area contributed by atoms with Gasteiger partial charge in [0.15, 0.2) is 0 Å². The summed E-state index contributed by atoms with van der Waals surface area (Å²) in [6, 6.07) is 15.3. The maximum atomic E-state index is 12.9. The Balaban J connectivity index is 1.71. The molecular formula is C22H20N4O2. The smallest absolute Gasteiger partial charge is 0.270 e. The van der Waals surface area contributed by atoms with Crippen LogP contribution in [0, 0.1) is 0 Å². The van der Waals surface area contributed by atoms with Gasteiger partial charge < -0.3 is 14.6 Å². The summed E-state index contributed by atoms with van der Waals surface area (Å²) in [7, 11) is 3.59. The molecule has 28 heavy (non-hydrogen) atoms. The molecule has 0 spiro atoms. The van der Waals surface area contributed by atoms with Crippen LogP contribution in [0.2, 0.25) is 0 Å². The Morgan fingerprint density at radius 3 is 2.71 bits per heavy atom. The summed E-state index contributed by atoms with van der Waals surface area (Å²) in [5.41, 5.74) is 3.96. The average Bonchev–Trinajstić information content (AvgIpc) is 3.13. The van der Waals surface area contributed by atoms with Gasteiger partial charge in [0.25, 0.3) is 5.91 Å². The molecule has 0 radical (unpaired) electrons. The summed E-state index contributed by atoms with van der Waals surface area (Å²) in [6.45, 7) is 0.398. The van der Waals surface area contributed by atoms with Crippen LogP contribution in [0.4, 0.5) is 0 Å². The van der Waals surface area contributed by atoms with Crippen molar-refractivity contribution in [3.8, 4) is 17.0 Å². The van der Waals surface area contributed by atoms with Crippen molar-refractivity contribution < 1.29 is 9.53 Å². The van der Waals surface area contributed by atoms with Gasteiger partial charge in [-0.15, -0.1) is 0 Å². The first-order valence-electron chi connectivity index (χ1n) is 8.93. The Labute approximate surface area is 162 Å². The monoisotopic (exact) mass is 372 g/mol. The summed E-state index contributed by atoms with van der Waals surface area (Å²) in [5, 5.41) is 3.77. The fourth-order valence-corrected chi connectivity index (χ4v) is 3.12. The topological polar surface area (TPSA) is 69.0 Å². The Bertz CT molecular complexity index is 1120. The number of fused-ring (bicyclic) bond motifs is 1. The Kier molecular flexibility index (Phi) is 4.76. The first-order valence-corrected chi connectivity index (χ1v) is 8.93. The van der Waals surface area contributed by atoms with E-state index in [1.165, 1.54) is 0 Å². The van der Waals surface area contributed by atoms with Crippen molar-refractivity contribution in [3.63, 3.8) is 0 Å². The lowest BCUT2D eigenvalue weighted by Crippen LogP contribution is -2.24. The summed E-state index contributed by atoms with van der Waals surface area (Å²) >= 11 is 0. The van der Waals surface area contributed by atoms with Crippen LogP contribution in [-0.4, -0.2) is 27.6 Å². The molecule has 6 heteroatoms. The number of pyridine rings is 2. The molecule has 0 aliphatic heterocycles. The van der Waals surface area contributed by atoms with E-state index in [9.17, 15) is 4.79 Å². The first kappa shape index (κ1) is 17.7. The molecule has 0 saturated carbocycles. The minimum absolute atomic E-state index is 0.213. The van der Waals surface area contributed by atoms with E-state index < -0.39 is 0 Å². The van der Waals surface area contributed by atoms with Gasteiger partial charge in [-0.3, -0.25) is 9.78 Å². The van der Waals surface area contributed by atoms with Gasteiger partial charge in [0, 0.05) is 43.1 Å². The number of methoxy groups -OCH3 is 1.